The first-order chi connectivity index (χ1) is 13.4. The lowest BCUT2D eigenvalue weighted by molar-refractivity contribution is -0.385. The third-order valence-electron chi connectivity index (χ3n) is 4.19. The Kier molecular flexibility index (Phi) is 7.73. The Morgan fingerprint density at radius 2 is 2.11 bits per heavy atom. The summed E-state index contributed by atoms with van der Waals surface area (Å²) in [6.45, 7) is 2.19. The fourth-order valence-electron chi connectivity index (χ4n) is 2.72. The van der Waals surface area contributed by atoms with Crippen molar-refractivity contribution in [3.05, 3.63) is 34.4 Å². The molecule has 28 heavy (non-hydrogen) atoms. The molecular formula is C18H23N3O7. The number of amides is 2. The minimum absolute atomic E-state index is 0.0437. The van der Waals surface area contributed by atoms with E-state index in [0.717, 1.165) is 12.8 Å². The summed E-state index contributed by atoms with van der Waals surface area (Å²) < 4.78 is 10.4. The molecular weight excluding hydrogens is 370 g/mol. The van der Waals surface area contributed by atoms with Gasteiger partial charge >= 0.3 is 11.7 Å². The molecule has 2 rings (SSSR count). The van der Waals surface area contributed by atoms with Crippen LogP contribution in [0.25, 0.3) is 0 Å². The van der Waals surface area contributed by atoms with E-state index in [1.54, 1.807) is 6.07 Å². The normalized spacial score (nSPS) is 16.2. The number of hydrogen-bond acceptors (Lipinski definition) is 7. The molecule has 0 aromatic heterocycles. The van der Waals surface area contributed by atoms with E-state index in [2.05, 4.69) is 5.32 Å². The number of nitro groups is 1. The Balaban J connectivity index is 2.00. The van der Waals surface area contributed by atoms with Crippen LogP contribution in [0.4, 0.5) is 5.69 Å². The van der Waals surface area contributed by atoms with Crippen LogP contribution in [0.5, 0.6) is 5.75 Å². The maximum absolute atomic E-state index is 12.5. The molecule has 0 unspecified atom stereocenters. The third kappa shape index (κ3) is 5.66. The van der Waals surface area contributed by atoms with Gasteiger partial charge in [0.1, 0.15) is 6.04 Å². The number of esters is 1. The van der Waals surface area contributed by atoms with Gasteiger partial charge in [0.05, 0.1) is 18.0 Å². The van der Waals surface area contributed by atoms with E-state index in [9.17, 15) is 24.5 Å². The predicted molar refractivity (Wildman–Crippen MR) is 97.6 cm³/mol. The van der Waals surface area contributed by atoms with Crippen LogP contribution in [-0.4, -0.2) is 60.0 Å². The van der Waals surface area contributed by atoms with E-state index in [0.29, 0.717) is 0 Å². The van der Waals surface area contributed by atoms with Crippen molar-refractivity contribution in [3.8, 4) is 5.75 Å². The molecule has 1 aromatic rings. The molecule has 1 N–H and O–H groups in total. The summed E-state index contributed by atoms with van der Waals surface area (Å²) in [6.07, 6.45) is 1.33. The van der Waals surface area contributed by atoms with Gasteiger partial charge in [0.25, 0.3) is 5.91 Å². The number of piperazine rings is 1. The molecule has 0 spiro atoms. The first-order valence-corrected chi connectivity index (χ1v) is 9.03. The van der Waals surface area contributed by atoms with Crippen LogP contribution in [0.2, 0.25) is 0 Å². The highest BCUT2D eigenvalue weighted by Gasteiger charge is 2.35. The minimum atomic E-state index is -0.996. The predicted octanol–water partition coefficient (Wildman–Crippen LogP) is 1.03. The van der Waals surface area contributed by atoms with Gasteiger partial charge in [0, 0.05) is 19.2 Å². The number of nitrogens with zero attached hydrogens (tertiary/aromatic N) is 2. The van der Waals surface area contributed by atoms with Gasteiger partial charge in [-0.25, -0.2) is 0 Å². The fourth-order valence-corrected chi connectivity index (χ4v) is 2.72. The monoisotopic (exact) mass is 393 g/mol. The number of rotatable bonds is 9. The Morgan fingerprint density at radius 3 is 2.82 bits per heavy atom. The lowest BCUT2D eigenvalue weighted by atomic mass is 10.1. The molecule has 1 aromatic carbocycles. The summed E-state index contributed by atoms with van der Waals surface area (Å²) in [6, 6.07) is 4.70. The second-order valence-electron chi connectivity index (χ2n) is 6.19. The van der Waals surface area contributed by atoms with Crippen molar-refractivity contribution in [3.63, 3.8) is 0 Å². The van der Waals surface area contributed by atoms with Gasteiger partial charge in [-0.2, -0.15) is 0 Å². The van der Waals surface area contributed by atoms with Crippen LogP contribution in [0, 0.1) is 10.1 Å². The van der Waals surface area contributed by atoms with Crippen LogP contribution in [0.15, 0.2) is 24.3 Å². The molecule has 1 saturated heterocycles. The van der Waals surface area contributed by atoms with Gasteiger partial charge in [-0.3, -0.25) is 24.5 Å². The van der Waals surface area contributed by atoms with E-state index in [1.165, 1.54) is 23.1 Å². The zero-order valence-electron chi connectivity index (χ0n) is 15.6. The first kappa shape index (κ1) is 21.1. The summed E-state index contributed by atoms with van der Waals surface area (Å²) in [5.74, 6) is -1.59. The lowest BCUT2D eigenvalue weighted by Gasteiger charge is -2.34. The maximum atomic E-state index is 12.5. The van der Waals surface area contributed by atoms with Gasteiger partial charge in [-0.15, -0.1) is 0 Å². The smallest absolute Gasteiger partial charge is 0.310 e. The number of carbonyl (C=O) groups excluding carboxylic acids is 3. The standard InChI is InChI=1S/C18H23N3O7/c1-2-3-10-27-17(23)11-14-18(24)19-8-9-20(14)16(22)12-28-15-7-5-4-6-13(15)21(25)26/h4-7,14H,2-3,8-12H2,1H3,(H,19,24)/t14-/m0/s1. The molecule has 10 heteroatoms. The Hall–Kier alpha value is -3.17. The quantitative estimate of drug-likeness (QED) is 0.287. The average molecular weight is 393 g/mol. The summed E-state index contributed by atoms with van der Waals surface area (Å²) in [7, 11) is 0. The van der Waals surface area contributed by atoms with Crippen molar-refractivity contribution in [1.82, 2.24) is 10.2 Å². The number of unbranched alkanes of at least 4 members (excludes halogenated alkanes) is 1. The van der Waals surface area contributed by atoms with E-state index >= 15 is 0 Å². The molecule has 0 radical (unpaired) electrons. The van der Waals surface area contributed by atoms with Crippen molar-refractivity contribution < 1.29 is 28.8 Å². The highest BCUT2D eigenvalue weighted by molar-refractivity contribution is 5.92. The molecule has 2 amide bonds. The summed E-state index contributed by atoms with van der Waals surface area (Å²) in [5.41, 5.74) is -0.261. The Morgan fingerprint density at radius 1 is 1.36 bits per heavy atom. The van der Waals surface area contributed by atoms with Gasteiger partial charge in [-0.1, -0.05) is 25.5 Å². The van der Waals surface area contributed by atoms with Crippen LogP contribution in [0.3, 0.4) is 0 Å². The summed E-state index contributed by atoms with van der Waals surface area (Å²) >= 11 is 0. The zero-order chi connectivity index (χ0) is 20.5. The fraction of sp³-hybridized carbons (Fsp3) is 0.500. The molecule has 0 bridgehead atoms. The highest BCUT2D eigenvalue weighted by atomic mass is 16.6. The van der Waals surface area contributed by atoms with Crippen molar-refractivity contribution in [2.45, 2.75) is 32.2 Å². The second-order valence-corrected chi connectivity index (χ2v) is 6.19. The Labute approximate surface area is 161 Å². The van der Waals surface area contributed by atoms with Crippen molar-refractivity contribution in [2.75, 3.05) is 26.3 Å². The summed E-state index contributed by atoms with van der Waals surface area (Å²) in [4.78, 5) is 48.3. The number of ether oxygens (including phenoxy) is 2. The average Bonchev–Trinajstić information content (AvgIpc) is 2.68. The Bertz CT molecular complexity index is 738. The molecule has 1 aliphatic rings. The number of hydrogen-bond donors (Lipinski definition) is 1. The van der Waals surface area contributed by atoms with Crippen molar-refractivity contribution in [1.29, 1.82) is 0 Å². The molecule has 0 saturated carbocycles. The van der Waals surface area contributed by atoms with Crippen molar-refractivity contribution in [2.24, 2.45) is 0 Å². The highest BCUT2D eigenvalue weighted by Crippen LogP contribution is 2.25. The van der Waals surface area contributed by atoms with Crippen LogP contribution < -0.4 is 10.1 Å². The molecule has 1 heterocycles. The molecule has 1 aliphatic heterocycles. The number of nitro benzene ring substituents is 1. The van der Waals surface area contributed by atoms with Crippen molar-refractivity contribution >= 4 is 23.5 Å². The minimum Gasteiger partial charge on any atom is -0.477 e. The van der Waals surface area contributed by atoms with Gasteiger partial charge < -0.3 is 19.7 Å². The van der Waals surface area contributed by atoms with Crippen LogP contribution >= 0.6 is 0 Å². The van der Waals surface area contributed by atoms with Crippen LogP contribution in [-0.2, 0) is 19.1 Å². The largest absolute Gasteiger partial charge is 0.477 e. The first-order valence-electron chi connectivity index (χ1n) is 9.03. The summed E-state index contributed by atoms with van der Waals surface area (Å²) in [5, 5.41) is 13.6. The van der Waals surface area contributed by atoms with Gasteiger partial charge in [0.2, 0.25) is 5.91 Å². The van der Waals surface area contributed by atoms with Gasteiger partial charge in [-0.05, 0) is 12.5 Å². The number of nitrogens with one attached hydrogen (secondary N) is 1. The molecule has 1 atom stereocenters. The molecule has 0 aliphatic carbocycles. The zero-order valence-corrected chi connectivity index (χ0v) is 15.6. The number of carbonyl (C=O) groups is 3. The van der Waals surface area contributed by atoms with E-state index in [4.69, 9.17) is 9.47 Å². The number of benzene rings is 1. The van der Waals surface area contributed by atoms with Crippen LogP contribution in [0.1, 0.15) is 26.2 Å². The third-order valence-corrected chi connectivity index (χ3v) is 4.19. The number of para-hydroxylation sites is 2. The lowest BCUT2D eigenvalue weighted by Crippen LogP contribution is -2.58. The SMILES string of the molecule is CCCCOC(=O)C[C@H]1C(=O)NCCN1C(=O)COc1ccccc1[N+](=O)[O-]. The molecule has 152 valence electrons. The topological polar surface area (TPSA) is 128 Å². The molecule has 10 nitrogen and oxygen atoms in total. The van der Waals surface area contributed by atoms with E-state index in [-0.39, 0.29) is 37.6 Å². The van der Waals surface area contributed by atoms with Gasteiger partial charge in [0.15, 0.2) is 12.4 Å². The molecule has 1 fully saturated rings. The second kappa shape index (κ2) is 10.2. The maximum Gasteiger partial charge on any atom is 0.310 e. The van der Waals surface area contributed by atoms with E-state index in [1.807, 2.05) is 6.92 Å². The van der Waals surface area contributed by atoms with E-state index < -0.39 is 35.4 Å².